The summed E-state index contributed by atoms with van der Waals surface area (Å²) in [6, 6.07) is 13.9. The number of nitrogens with one attached hydrogen (secondary N) is 1. The van der Waals surface area contributed by atoms with Crippen LogP contribution in [0.5, 0.6) is 5.88 Å². The molecule has 0 aliphatic heterocycles. The second kappa shape index (κ2) is 7.60. The predicted octanol–water partition coefficient (Wildman–Crippen LogP) is 4.14. The average molecular weight is 350 g/mol. The van der Waals surface area contributed by atoms with Crippen molar-refractivity contribution >= 4 is 0 Å². The van der Waals surface area contributed by atoms with E-state index in [2.05, 4.69) is 40.5 Å². The van der Waals surface area contributed by atoms with Crippen LogP contribution in [0, 0.1) is 0 Å². The summed E-state index contributed by atoms with van der Waals surface area (Å²) < 4.78 is 11.2. The van der Waals surface area contributed by atoms with E-state index < -0.39 is 0 Å². The molecule has 0 spiro atoms. The summed E-state index contributed by atoms with van der Waals surface area (Å²) in [5.74, 6) is 1.40. The molecule has 0 radical (unpaired) electrons. The second-order valence-corrected chi connectivity index (χ2v) is 6.76. The lowest BCUT2D eigenvalue weighted by Crippen LogP contribution is -2.12. The SMILES string of the molecule is O=c1cc(CCc2ccc(-c3cccnc3OC3CCCC3)cc2)o[nH]1. The van der Waals surface area contributed by atoms with Gasteiger partial charge in [0.15, 0.2) is 0 Å². The van der Waals surface area contributed by atoms with E-state index in [-0.39, 0.29) is 5.56 Å². The Bertz CT molecular complexity index is 905. The van der Waals surface area contributed by atoms with E-state index in [1.165, 1.54) is 24.5 Å². The van der Waals surface area contributed by atoms with Crippen LogP contribution in [0.15, 0.2) is 58.0 Å². The van der Waals surface area contributed by atoms with Gasteiger partial charge in [-0.15, -0.1) is 0 Å². The second-order valence-electron chi connectivity index (χ2n) is 6.76. The van der Waals surface area contributed by atoms with Gasteiger partial charge in [-0.25, -0.2) is 4.98 Å². The standard InChI is InChI=1S/C21H22N2O3/c24-20-14-18(26-23-20)12-9-15-7-10-16(11-8-15)19-6-3-13-22-21(19)25-17-4-1-2-5-17/h3,6-8,10-11,13-14,17H,1-2,4-5,9,12H2,(H,23,24). The molecule has 1 aliphatic carbocycles. The Morgan fingerprint density at radius 3 is 2.65 bits per heavy atom. The highest BCUT2D eigenvalue weighted by Crippen LogP contribution is 2.31. The number of nitrogens with zero attached hydrogens (tertiary/aromatic N) is 1. The van der Waals surface area contributed by atoms with Gasteiger partial charge < -0.3 is 9.26 Å². The minimum absolute atomic E-state index is 0.193. The minimum atomic E-state index is -0.193. The van der Waals surface area contributed by atoms with Crippen LogP contribution in [-0.2, 0) is 12.8 Å². The number of aromatic nitrogens is 2. The van der Waals surface area contributed by atoms with Crippen molar-refractivity contribution in [1.29, 1.82) is 0 Å². The minimum Gasteiger partial charge on any atom is -0.474 e. The van der Waals surface area contributed by atoms with Crippen molar-refractivity contribution in [3.8, 4) is 17.0 Å². The fourth-order valence-electron chi connectivity index (χ4n) is 3.43. The Balaban J connectivity index is 1.47. The van der Waals surface area contributed by atoms with Gasteiger partial charge in [-0.2, -0.15) is 5.16 Å². The first-order valence-electron chi connectivity index (χ1n) is 9.16. The molecule has 2 aromatic heterocycles. The predicted molar refractivity (Wildman–Crippen MR) is 99.3 cm³/mol. The summed E-state index contributed by atoms with van der Waals surface area (Å²) >= 11 is 0. The molecule has 5 heteroatoms. The van der Waals surface area contributed by atoms with Crippen LogP contribution in [0.2, 0.25) is 0 Å². The van der Waals surface area contributed by atoms with E-state index in [4.69, 9.17) is 9.26 Å². The molecule has 1 N–H and O–H groups in total. The molecular formula is C21H22N2O3. The quantitative estimate of drug-likeness (QED) is 0.725. The number of rotatable bonds is 6. The van der Waals surface area contributed by atoms with Crippen molar-refractivity contribution in [1.82, 2.24) is 10.1 Å². The van der Waals surface area contributed by atoms with Crippen LogP contribution in [0.1, 0.15) is 37.0 Å². The first kappa shape index (κ1) is 16.6. The van der Waals surface area contributed by atoms with Crippen molar-refractivity contribution in [3.63, 3.8) is 0 Å². The fourth-order valence-corrected chi connectivity index (χ4v) is 3.43. The van der Waals surface area contributed by atoms with E-state index >= 15 is 0 Å². The molecule has 1 aromatic carbocycles. The van der Waals surface area contributed by atoms with E-state index in [9.17, 15) is 4.79 Å². The molecule has 0 unspecified atom stereocenters. The fraction of sp³-hybridized carbons (Fsp3) is 0.333. The van der Waals surface area contributed by atoms with Crippen LogP contribution < -0.4 is 10.3 Å². The summed E-state index contributed by atoms with van der Waals surface area (Å²) in [4.78, 5) is 15.5. The van der Waals surface area contributed by atoms with Crippen molar-refractivity contribution < 1.29 is 9.26 Å². The van der Waals surface area contributed by atoms with Gasteiger partial charge in [0.25, 0.3) is 5.56 Å². The van der Waals surface area contributed by atoms with E-state index in [0.717, 1.165) is 36.3 Å². The smallest absolute Gasteiger partial charge is 0.280 e. The van der Waals surface area contributed by atoms with E-state index in [0.29, 0.717) is 18.3 Å². The van der Waals surface area contributed by atoms with Gasteiger partial charge in [0.05, 0.1) is 0 Å². The molecule has 0 amide bonds. The van der Waals surface area contributed by atoms with Crippen LogP contribution in [0.3, 0.4) is 0 Å². The topological polar surface area (TPSA) is 68.1 Å². The molecule has 4 rings (SSSR count). The molecule has 26 heavy (non-hydrogen) atoms. The normalized spacial score (nSPS) is 14.6. The van der Waals surface area contributed by atoms with Gasteiger partial charge in [-0.05, 0) is 55.4 Å². The lowest BCUT2D eigenvalue weighted by atomic mass is 10.0. The third kappa shape index (κ3) is 3.87. The Morgan fingerprint density at radius 2 is 1.92 bits per heavy atom. The maximum absolute atomic E-state index is 11.1. The Hall–Kier alpha value is -2.82. The highest BCUT2D eigenvalue weighted by Gasteiger charge is 2.19. The number of hydrogen-bond donors (Lipinski definition) is 1. The number of hydrogen-bond acceptors (Lipinski definition) is 4. The lowest BCUT2D eigenvalue weighted by molar-refractivity contribution is 0.202. The van der Waals surface area contributed by atoms with Crippen molar-refractivity contribution in [3.05, 3.63) is 70.3 Å². The summed E-state index contributed by atoms with van der Waals surface area (Å²) in [5, 5.41) is 2.32. The molecule has 1 aliphatic rings. The van der Waals surface area contributed by atoms with Crippen LogP contribution in [-0.4, -0.2) is 16.2 Å². The van der Waals surface area contributed by atoms with Crippen LogP contribution >= 0.6 is 0 Å². The third-order valence-corrected chi connectivity index (χ3v) is 4.85. The zero-order chi connectivity index (χ0) is 17.8. The molecule has 2 heterocycles. The highest BCUT2D eigenvalue weighted by molar-refractivity contribution is 5.68. The average Bonchev–Trinajstić information content (AvgIpc) is 3.33. The van der Waals surface area contributed by atoms with Gasteiger partial charge in [-0.1, -0.05) is 24.3 Å². The highest BCUT2D eigenvalue weighted by atomic mass is 16.5. The molecule has 3 aromatic rings. The molecule has 0 bridgehead atoms. The monoisotopic (exact) mass is 350 g/mol. The van der Waals surface area contributed by atoms with E-state index in [1.807, 2.05) is 6.07 Å². The van der Waals surface area contributed by atoms with Gasteiger partial charge >= 0.3 is 0 Å². The first-order valence-corrected chi connectivity index (χ1v) is 9.16. The van der Waals surface area contributed by atoms with E-state index in [1.54, 1.807) is 6.20 Å². The third-order valence-electron chi connectivity index (χ3n) is 4.85. The molecule has 1 fully saturated rings. The number of benzene rings is 1. The molecular weight excluding hydrogens is 328 g/mol. The van der Waals surface area contributed by atoms with Gasteiger partial charge in [0.1, 0.15) is 11.9 Å². The molecule has 5 nitrogen and oxygen atoms in total. The Labute approximate surface area is 152 Å². The largest absolute Gasteiger partial charge is 0.474 e. The summed E-state index contributed by atoms with van der Waals surface area (Å²) in [6.07, 6.45) is 8.30. The maximum Gasteiger partial charge on any atom is 0.280 e. The summed E-state index contributed by atoms with van der Waals surface area (Å²) in [5.41, 5.74) is 3.13. The van der Waals surface area contributed by atoms with Crippen LogP contribution in [0.4, 0.5) is 0 Å². The molecule has 0 saturated heterocycles. The van der Waals surface area contributed by atoms with Crippen molar-refractivity contribution in [2.75, 3.05) is 0 Å². The molecule has 134 valence electrons. The molecule has 1 saturated carbocycles. The zero-order valence-electron chi connectivity index (χ0n) is 14.6. The van der Waals surface area contributed by atoms with Gasteiger partial charge in [0, 0.05) is 24.2 Å². The summed E-state index contributed by atoms with van der Waals surface area (Å²) in [7, 11) is 0. The van der Waals surface area contributed by atoms with Gasteiger partial charge in [0.2, 0.25) is 5.88 Å². The van der Waals surface area contributed by atoms with Crippen molar-refractivity contribution in [2.24, 2.45) is 0 Å². The van der Waals surface area contributed by atoms with Gasteiger partial charge in [-0.3, -0.25) is 4.79 Å². The maximum atomic E-state index is 11.1. The van der Waals surface area contributed by atoms with Crippen molar-refractivity contribution in [2.45, 2.75) is 44.6 Å². The molecule has 0 atom stereocenters. The Kier molecular flexibility index (Phi) is 4.86. The first-order chi connectivity index (χ1) is 12.8. The summed E-state index contributed by atoms with van der Waals surface area (Å²) in [6.45, 7) is 0. The number of pyridine rings is 1. The number of ether oxygens (including phenoxy) is 1. The number of H-pyrrole nitrogens is 1. The Morgan fingerprint density at radius 1 is 1.12 bits per heavy atom. The van der Waals surface area contributed by atoms with Crippen LogP contribution in [0.25, 0.3) is 11.1 Å². The zero-order valence-corrected chi connectivity index (χ0v) is 14.6. The number of aromatic amines is 1. The number of aryl methyl sites for hydroxylation is 2. The lowest BCUT2D eigenvalue weighted by Gasteiger charge is -2.15.